The Labute approximate surface area is 68.9 Å². The minimum atomic E-state index is -0.155. The van der Waals surface area contributed by atoms with Crippen molar-refractivity contribution < 1.29 is 4.55 Å². The number of nitrogens with zero attached hydrogens (tertiary/aromatic N) is 1. The summed E-state index contributed by atoms with van der Waals surface area (Å²) < 4.78 is 10.1. The maximum absolute atomic E-state index is 11.2. The maximum Gasteiger partial charge on any atom is 0.266 e. The van der Waals surface area contributed by atoms with Crippen LogP contribution in [0.5, 0.6) is 0 Å². The highest BCUT2D eigenvalue weighted by atomic mass is 32.2. The molecule has 60 valence electrons. The summed E-state index contributed by atoms with van der Waals surface area (Å²) in [7, 11) is 1.68. The van der Waals surface area contributed by atoms with E-state index >= 15 is 0 Å². The van der Waals surface area contributed by atoms with Gasteiger partial charge in [-0.1, -0.05) is 0 Å². The van der Waals surface area contributed by atoms with Crippen LogP contribution < -0.4 is 5.56 Å². The minimum Gasteiger partial charge on any atom is -0.325 e. The Morgan fingerprint density at radius 3 is 2.73 bits per heavy atom. The Hall–Kier alpha value is -0.740. The first-order valence-electron chi connectivity index (χ1n) is 3.15. The summed E-state index contributed by atoms with van der Waals surface area (Å²) in [5, 5.41) is 0. The van der Waals surface area contributed by atoms with E-state index < -0.39 is 0 Å². The molecule has 11 heavy (non-hydrogen) atoms. The minimum absolute atomic E-state index is 0.155. The molecule has 0 saturated carbocycles. The molecule has 1 heterocycles. The maximum atomic E-state index is 11.2. The Balaban J connectivity index is 3.37. The SMILES string of the molecule is Cc1ccc(SO)c(=O)n1C. The predicted molar refractivity (Wildman–Crippen MR) is 44.9 cm³/mol. The lowest BCUT2D eigenvalue weighted by molar-refractivity contribution is 0.659. The van der Waals surface area contributed by atoms with Gasteiger partial charge in [0.1, 0.15) is 4.90 Å². The Morgan fingerprint density at radius 2 is 2.18 bits per heavy atom. The average molecular weight is 171 g/mol. The van der Waals surface area contributed by atoms with Gasteiger partial charge in [0.15, 0.2) is 0 Å². The molecular formula is C7H9NO2S. The molecule has 0 unspecified atom stereocenters. The largest absolute Gasteiger partial charge is 0.325 e. The fourth-order valence-electron chi connectivity index (χ4n) is 0.774. The zero-order valence-electron chi connectivity index (χ0n) is 6.37. The van der Waals surface area contributed by atoms with E-state index in [4.69, 9.17) is 4.55 Å². The van der Waals surface area contributed by atoms with Crippen molar-refractivity contribution in [1.29, 1.82) is 0 Å². The third kappa shape index (κ3) is 1.46. The first-order chi connectivity index (χ1) is 5.16. The molecule has 3 nitrogen and oxygen atoms in total. The molecule has 0 radical (unpaired) electrons. The predicted octanol–water partition coefficient (Wildman–Crippen LogP) is 1.26. The van der Waals surface area contributed by atoms with Crippen LogP contribution in [0, 0.1) is 6.92 Å². The van der Waals surface area contributed by atoms with Crippen molar-refractivity contribution in [2.24, 2.45) is 7.05 Å². The van der Waals surface area contributed by atoms with Gasteiger partial charge in [-0.25, -0.2) is 0 Å². The zero-order valence-corrected chi connectivity index (χ0v) is 7.18. The van der Waals surface area contributed by atoms with E-state index in [0.717, 1.165) is 5.69 Å². The van der Waals surface area contributed by atoms with Gasteiger partial charge >= 0.3 is 0 Å². The molecule has 0 amide bonds. The molecule has 1 aromatic heterocycles. The molecule has 1 rings (SSSR count). The van der Waals surface area contributed by atoms with Gasteiger partial charge in [0, 0.05) is 24.8 Å². The second kappa shape index (κ2) is 3.11. The number of rotatable bonds is 1. The van der Waals surface area contributed by atoms with Gasteiger partial charge in [-0.2, -0.15) is 0 Å². The molecule has 0 fully saturated rings. The van der Waals surface area contributed by atoms with Crippen LogP contribution in [0.1, 0.15) is 5.69 Å². The number of aromatic nitrogens is 1. The van der Waals surface area contributed by atoms with Crippen LogP contribution in [0.2, 0.25) is 0 Å². The molecular weight excluding hydrogens is 162 g/mol. The van der Waals surface area contributed by atoms with Crippen molar-refractivity contribution in [3.63, 3.8) is 0 Å². The Kier molecular flexibility index (Phi) is 2.36. The smallest absolute Gasteiger partial charge is 0.266 e. The fourth-order valence-corrected chi connectivity index (χ4v) is 1.12. The molecule has 4 heteroatoms. The molecule has 0 atom stereocenters. The summed E-state index contributed by atoms with van der Waals surface area (Å²) in [6.45, 7) is 1.84. The highest BCUT2D eigenvalue weighted by molar-refractivity contribution is 7.93. The highest BCUT2D eigenvalue weighted by Gasteiger charge is 2.01. The van der Waals surface area contributed by atoms with Gasteiger partial charge in [0.2, 0.25) is 0 Å². The number of hydrogen-bond acceptors (Lipinski definition) is 3. The molecule has 0 aliphatic carbocycles. The van der Waals surface area contributed by atoms with Gasteiger partial charge < -0.3 is 9.12 Å². The number of pyridine rings is 1. The van der Waals surface area contributed by atoms with E-state index in [2.05, 4.69) is 0 Å². The molecule has 0 bridgehead atoms. The third-order valence-corrected chi connectivity index (χ3v) is 2.13. The van der Waals surface area contributed by atoms with Crippen molar-refractivity contribution >= 4 is 12.0 Å². The first-order valence-corrected chi connectivity index (χ1v) is 3.92. The van der Waals surface area contributed by atoms with Gasteiger partial charge in [-0.05, 0) is 19.1 Å². The second-order valence-electron chi connectivity index (χ2n) is 2.29. The average Bonchev–Trinajstić information content (AvgIpc) is 2.01. The van der Waals surface area contributed by atoms with Crippen molar-refractivity contribution in [3.05, 3.63) is 28.2 Å². The van der Waals surface area contributed by atoms with Crippen LogP contribution in [-0.4, -0.2) is 9.12 Å². The summed E-state index contributed by atoms with van der Waals surface area (Å²) in [4.78, 5) is 11.6. The van der Waals surface area contributed by atoms with Gasteiger partial charge in [0.05, 0.1) is 0 Å². The van der Waals surface area contributed by atoms with Gasteiger partial charge in [0.25, 0.3) is 5.56 Å². The van der Waals surface area contributed by atoms with E-state index in [0.29, 0.717) is 16.9 Å². The monoisotopic (exact) mass is 171 g/mol. The highest BCUT2D eigenvalue weighted by Crippen LogP contribution is 2.07. The Bertz CT molecular complexity index is 319. The zero-order chi connectivity index (χ0) is 8.43. The van der Waals surface area contributed by atoms with Crippen molar-refractivity contribution in [2.45, 2.75) is 11.8 Å². The first kappa shape index (κ1) is 8.36. The Morgan fingerprint density at radius 1 is 1.55 bits per heavy atom. The second-order valence-corrected chi connectivity index (χ2v) is 2.92. The summed E-state index contributed by atoms with van der Waals surface area (Å²) in [6.07, 6.45) is 0. The molecule has 1 aromatic rings. The van der Waals surface area contributed by atoms with Gasteiger partial charge in [-0.15, -0.1) is 0 Å². The van der Waals surface area contributed by atoms with E-state index in [1.54, 1.807) is 19.2 Å². The van der Waals surface area contributed by atoms with Crippen molar-refractivity contribution in [2.75, 3.05) is 0 Å². The molecule has 0 aliphatic rings. The normalized spacial score (nSPS) is 10.1. The summed E-state index contributed by atoms with van der Waals surface area (Å²) in [5.41, 5.74) is 0.727. The van der Waals surface area contributed by atoms with Crippen LogP contribution in [-0.2, 0) is 7.05 Å². The third-order valence-electron chi connectivity index (χ3n) is 1.62. The molecule has 0 spiro atoms. The lowest BCUT2D eigenvalue weighted by Crippen LogP contribution is -2.19. The number of aryl methyl sites for hydroxylation is 1. The topological polar surface area (TPSA) is 42.2 Å². The molecule has 0 aliphatic heterocycles. The standard InChI is InChI=1S/C7H9NO2S/c1-5-3-4-6(11-10)7(9)8(5)2/h3-4,10H,1-2H3. The summed E-state index contributed by atoms with van der Waals surface area (Å²) >= 11 is 0.485. The van der Waals surface area contributed by atoms with Gasteiger partial charge in [-0.3, -0.25) is 4.79 Å². The van der Waals surface area contributed by atoms with Crippen LogP contribution in [0.4, 0.5) is 0 Å². The number of hydrogen-bond donors (Lipinski definition) is 1. The summed E-state index contributed by atoms with van der Waals surface area (Å²) in [6, 6.07) is 3.41. The quantitative estimate of drug-likeness (QED) is 0.647. The van der Waals surface area contributed by atoms with E-state index in [9.17, 15) is 4.79 Å². The lowest BCUT2D eigenvalue weighted by atomic mass is 10.4. The van der Waals surface area contributed by atoms with Crippen LogP contribution in [0.15, 0.2) is 21.8 Å². The molecule has 0 saturated heterocycles. The molecule has 1 N–H and O–H groups in total. The van der Waals surface area contributed by atoms with E-state index in [1.165, 1.54) is 4.57 Å². The van der Waals surface area contributed by atoms with Crippen LogP contribution in [0.25, 0.3) is 0 Å². The van der Waals surface area contributed by atoms with Crippen LogP contribution >= 0.6 is 12.0 Å². The van der Waals surface area contributed by atoms with E-state index in [1.807, 2.05) is 6.92 Å². The summed E-state index contributed by atoms with van der Waals surface area (Å²) in [5.74, 6) is 0. The lowest BCUT2D eigenvalue weighted by Gasteiger charge is -2.02. The van der Waals surface area contributed by atoms with Crippen molar-refractivity contribution in [1.82, 2.24) is 4.57 Å². The van der Waals surface area contributed by atoms with Crippen molar-refractivity contribution in [3.8, 4) is 0 Å². The van der Waals surface area contributed by atoms with Crippen LogP contribution in [0.3, 0.4) is 0 Å². The molecule has 0 aromatic carbocycles. The van der Waals surface area contributed by atoms with E-state index in [-0.39, 0.29) is 5.56 Å². The fraction of sp³-hybridized carbons (Fsp3) is 0.286.